The third-order valence-electron chi connectivity index (χ3n) is 3.48. The number of hydrogen-bond acceptors (Lipinski definition) is 6. The van der Waals surface area contributed by atoms with Crippen molar-refractivity contribution in [2.45, 2.75) is 38.8 Å². The minimum Gasteiger partial charge on any atom is -0.480 e. The predicted molar refractivity (Wildman–Crippen MR) is 97.7 cm³/mol. The summed E-state index contributed by atoms with van der Waals surface area (Å²) in [6, 6.07) is 4.76. The molecule has 1 atom stereocenters. The molecule has 1 unspecified atom stereocenters. The van der Waals surface area contributed by atoms with Crippen molar-refractivity contribution in [3.63, 3.8) is 0 Å². The number of thiophene rings is 1. The monoisotopic (exact) mass is 380 g/mol. The van der Waals surface area contributed by atoms with E-state index in [4.69, 9.17) is 4.74 Å². The first kappa shape index (κ1) is 19.8. The topological polar surface area (TPSA) is 119 Å². The van der Waals surface area contributed by atoms with Crippen LogP contribution < -0.4 is 5.32 Å². The number of nitro benzene ring substituents is 1. The van der Waals surface area contributed by atoms with Crippen molar-refractivity contribution in [2.75, 3.05) is 6.61 Å². The predicted octanol–water partition coefficient (Wildman–Crippen LogP) is 3.20. The number of nitrogens with one attached hydrogen (secondary N) is 1. The number of benzene rings is 1. The highest BCUT2D eigenvalue weighted by Gasteiger charge is 2.23. The molecule has 0 spiro atoms. The largest absolute Gasteiger partial charge is 0.480 e. The standard InChI is InChI=1S/C17H20N2O6S/c1-17(2,3)25-7-6-12(16(21)22)18-15(20)14-9-10-8-11(19(23)24)4-5-13(10)26-14/h4-5,8-9,12H,6-7H2,1-3H3,(H,18,20)(H,21,22). The maximum atomic E-state index is 12.4. The summed E-state index contributed by atoms with van der Waals surface area (Å²) in [5.74, 6) is -1.68. The normalized spacial score (nSPS) is 12.7. The Morgan fingerprint density at radius 2 is 2.04 bits per heavy atom. The lowest BCUT2D eigenvalue weighted by Crippen LogP contribution is -2.41. The Morgan fingerprint density at radius 3 is 2.62 bits per heavy atom. The van der Waals surface area contributed by atoms with Gasteiger partial charge in [-0.05, 0) is 32.9 Å². The van der Waals surface area contributed by atoms with Crippen LogP contribution in [0.4, 0.5) is 5.69 Å². The molecule has 140 valence electrons. The lowest BCUT2D eigenvalue weighted by molar-refractivity contribution is -0.384. The van der Waals surface area contributed by atoms with Gasteiger partial charge in [0.15, 0.2) is 0 Å². The minimum absolute atomic E-state index is 0.0648. The lowest BCUT2D eigenvalue weighted by Gasteiger charge is -2.21. The number of carboxylic acid groups (broad SMARTS) is 1. The first-order valence-corrected chi connectivity index (χ1v) is 8.74. The fraction of sp³-hybridized carbons (Fsp3) is 0.412. The van der Waals surface area contributed by atoms with Gasteiger partial charge in [0, 0.05) is 35.2 Å². The Balaban J connectivity index is 2.10. The van der Waals surface area contributed by atoms with Crippen LogP contribution in [0.2, 0.25) is 0 Å². The van der Waals surface area contributed by atoms with Gasteiger partial charge in [0.2, 0.25) is 0 Å². The summed E-state index contributed by atoms with van der Waals surface area (Å²) in [7, 11) is 0. The van der Waals surface area contributed by atoms with Gasteiger partial charge in [0.25, 0.3) is 11.6 Å². The molecule has 0 aliphatic carbocycles. The molecule has 8 nitrogen and oxygen atoms in total. The Kier molecular flexibility index (Phi) is 5.94. The van der Waals surface area contributed by atoms with Gasteiger partial charge in [0.1, 0.15) is 6.04 Å². The van der Waals surface area contributed by atoms with Gasteiger partial charge < -0.3 is 15.2 Å². The Morgan fingerprint density at radius 1 is 1.35 bits per heavy atom. The SMILES string of the molecule is CC(C)(C)OCCC(NC(=O)c1cc2cc([N+](=O)[O-])ccc2s1)C(=O)O. The third-order valence-corrected chi connectivity index (χ3v) is 4.59. The Labute approximate surface area is 153 Å². The number of amides is 1. The quantitative estimate of drug-likeness (QED) is 0.562. The van der Waals surface area contributed by atoms with Crippen molar-refractivity contribution in [2.24, 2.45) is 0 Å². The maximum absolute atomic E-state index is 12.4. The van der Waals surface area contributed by atoms with Crippen molar-refractivity contribution >= 4 is 39.0 Å². The zero-order chi connectivity index (χ0) is 19.5. The summed E-state index contributed by atoms with van der Waals surface area (Å²) < 4.78 is 6.22. The first-order chi connectivity index (χ1) is 12.1. The number of non-ortho nitro benzene ring substituents is 1. The van der Waals surface area contributed by atoms with E-state index >= 15 is 0 Å². The number of aliphatic carboxylic acids is 1. The molecule has 2 rings (SSSR count). The maximum Gasteiger partial charge on any atom is 0.326 e. The van der Waals surface area contributed by atoms with Crippen molar-refractivity contribution in [3.8, 4) is 0 Å². The average molecular weight is 380 g/mol. The molecule has 2 aromatic rings. The second-order valence-corrected chi connectivity index (χ2v) is 7.79. The summed E-state index contributed by atoms with van der Waals surface area (Å²) in [6.45, 7) is 5.77. The summed E-state index contributed by atoms with van der Waals surface area (Å²) in [5, 5.41) is 23.2. The van der Waals surface area contributed by atoms with Crippen LogP contribution in [0.15, 0.2) is 24.3 Å². The van der Waals surface area contributed by atoms with E-state index in [9.17, 15) is 24.8 Å². The third kappa shape index (κ3) is 5.24. The highest BCUT2D eigenvalue weighted by molar-refractivity contribution is 7.20. The number of carbonyl (C=O) groups excluding carboxylic acids is 1. The van der Waals surface area contributed by atoms with Gasteiger partial charge in [-0.3, -0.25) is 14.9 Å². The molecule has 0 aliphatic rings. The lowest BCUT2D eigenvalue weighted by atomic mass is 10.1. The zero-order valence-electron chi connectivity index (χ0n) is 14.6. The molecule has 1 heterocycles. The van der Waals surface area contributed by atoms with E-state index < -0.39 is 28.4 Å². The molecule has 0 fully saturated rings. The van der Waals surface area contributed by atoms with E-state index in [1.807, 2.05) is 20.8 Å². The van der Waals surface area contributed by atoms with E-state index in [-0.39, 0.29) is 18.7 Å². The number of rotatable bonds is 7. The van der Waals surface area contributed by atoms with Gasteiger partial charge >= 0.3 is 5.97 Å². The first-order valence-electron chi connectivity index (χ1n) is 7.92. The van der Waals surface area contributed by atoms with Gasteiger partial charge in [-0.2, -0.15) is 0 Å². The summed E-state index contributed by atoms with van der Waals surface area (Å²) in [5.41, 5.74) is -0.460. The molecule has 9 heteroatoms. The number of carboxylic acids is 1. The smallest absolute Gasteiger partial charge is 0.326 e. The summed E-state index contributed by atoms with van der Waals surface area (Å²) >= 11 is 1.15. The van der Waals surface area contributed by atoms with Crippen LogP contribution in [0, 0.1) is 10.1 Å². The zero-order valence-corrected chi connectivity index (χ0v) is 15.5. The fourth-order valence-electron chi connectivity index (χ4n) is 2.23. The van der Waals surface area contributed by atoms with Crippen LogP contribution >= 0.6 is 11.3 Å². The number of nitro groups is 1. The highest BCUT2D eigenvalue weighted by Crippen LogP contribution is 2.29. The summed E-state index contributed by atoms with van der Waals surface area (Å²) in [4.78, 5) is 34.4. The number of carbonyl (C=O) groups is 2. The van der Waals surface area contributed by atoms with E-state index in [2.05, 4.69) is 5.32 Å². The van der Waals surface area contributed by atoms with Crippen molar-refractivity contribution in [1.29, 1.82) is 0 Å². The van der Waals surface area contributed by atoms with Crippen molar-refractivity contribution in [1.82, 2.24) is 5.32 Å². The number of nitrogens with zero attached hydrogens (tertiary/aromatic N) is 1. The van der Waals surface area contributed by atoms with E-state index in [0.717, 1.165) is 11.3 Å². The van der Waals surface area contributed by atoms with Gasteiger partial charge in [0.05, 0.1) is 15.4 Å². The molecule has 0 radical (unpaired) electrons. The molecule has 0 saturated heterocycles. The number of hydrogen-bond donors (Lipinski definition) is 2. The average Bonchev–Trinajstić information content (AvgIpc) is 2.95. The molecule has 0 saturated carbocycles. The Hall–Kier alpha value is -2.52. The molecular formula is C17H20N2O6S. The highest BCUT2D eigenvalue weighted by atomic mass is 32.1. The van der Waals surface area contributed by atoms with Crippen LogP contribution in [0.25, 0.3) is 10.1 Å². The van der Waals surface area contributed by atoms with Crippen LogP contribution in [0.5, 0.6) is 0 Å². The molecule has 0 aliphatic heterocycles. The molecule has 1 amide bonds. The van der Waals surface area contributed by atoms with Crippen LogP contribution in [0.1, 0.15) is 36.9 Å². The molecule has 1 aromatic carbocycles. The molecule has 26 heavy (non-hydrogen) atoms. The van der Waals surface area contributed by atoms with Gasteiger partial charge in [-0.15, -0.1) is 11.3 Å². The second-order valence-electron chi connectivity index (χ2n) is 6.70. The number of ether oxygens (including phenoxy) is 1. The van der Waals surface area contributed by atoms with Gasteiger partial charge in [-0.25, -0.2) is 4.79 Å². The van der Waals surface area contributed by atoms with Crippen molar-refractivity contribution in [3.05, 3.63) is 39.3 Å². The van der Waals surface area contributed by atoms with Crippen LogP contribution in [0.3, 0.4) is 0 Å². The van der Waals surface area contributed by atoms with Crippen molar-refractivity contribution < 1.29 is 24.4 Å². The van der Waals surface area contributed by atoms with E-state index in [1.54, 1.807) is 6.07 Å². The number of fused-ring (bicyclic) bond motifs is 1. The van der Waals surface area contributed by atoms with Gasteiger partial charge in [-0.1, -0.05) is 0 Å². The fourth-order valence-corrected chi connectivity index (χ4v) is 3.17. The molecular weight excluding hydrogens is 360 g/mol. The molecule has 0 bridgehead atoms. The van der Waals surface area contributed by atoms with Crippen LogP contribution in [-0.4, -0.2) is 40.2 Å². The van der Waals surface area contributed by atoms with E-state index in [1.165, 1.54) is 18.2 Å². The Bertz CT molecular complexity index is 839. The second kappa shape index (κ2) is 7.79. The molecule has 2 N–H and O–H groups in total. The summed E-state index contributed by atoms with van der Waals surface area (Å²) in [6.07, 6.45) is 0.134. The van der Waals surface area contributed by atoms with E-state index in [0.29, 0.717) is 15.0 Å². The minimum atomic E-state index is -1.15. The van der Waals surface area contributed by atoms with Crippen LogP contribution in [-0.2, 0) is 9.53 Å². The molecule has 1 aromatic heterocycles.